The number of carboxylic acids is 1. The lowest BCUT2D eigenvalue weighted by Gasteiger charge is -2.08. The lowest BCUT2D eigenvalue weighted by Crippen LogP contribution is -2.06. The average Bonchev–Trinajstić information content (AvgIpc) is 2.42. The number of hydrogen-bond donors (Lipinski definition) is 2. The predicted octanol–water partition coefficient (Wildman–Crippen LogP) is 2.52. The topological polar surface area (TPSA) is 102 Å². The molecule has 0 spiro atoms. The second kappa shape index (κ2) is 8.11. The number of carboxylic acid groups (broad SMARTS) is 1. The fourth-order valence-corrected chi connectivity index (χ4v) is 1.74. The zero-order valence-electron chi connectivity index (χ0n) is 11.3. The van der Waals surface area contributed by atoms with Crippen LogP contribution in [0.4, 0.5) is 11.4 Å². The predicted molar refractivity (Wildman–Crippen MR) is 74.3 cm³/mol. The van der Waals surface area contributed by atoms with Gasteiger partial charge in [-0.3, -0.25) is 10.1 Å². The number of anilines is 1. The van der Waals surface area contributed by atoms with Crippen LogP contribution in [0.3, 0.4) is 0 Å². The maximum Gasteiger partial charge on any atom is 0.335 e. The number of methoxy groups -OCH3 is 1. The van der Waals surface area contributed by atoms with Gasteiger partial charge < -0.3 is 15.2 Å². The molecule has 0 aliphatic rings. The molecule has 0 atom stereocenters. The van der Waals surface area contributed by atoms with E-state index in [-0.39, 0.29) is 16.9 Å². The number of carbonyl (C=O) groups is 1. The number of hydrogen-bond acceptors (Lipinski definition) is 5. The van der Waals surface area contributed by atoms with Crippen molar-refractivity contribution in [1.29, 1.82) is 0 Å². The average molecular weight is 282 g/mol. The molecule has 7 heteroatoms. The van der Waals surface area contributed by atoms with Crippen LogP contribution in [0.5, 0.6) is 0 Å². The Morgan fingerprint density at radius 1 is 1.40 bits per heavy atom. The molecule has 0 saturated heterocycles. The van der Waals surface area contributed by atoms with Crippen LogP contribution < -0.4 is 5.32 Å². The largest absolute Gasteiger partial charge is 0.478 e. The fourth-order valence-electron chi connectivity index (χ4n) is 1.74. The van der Waals surface area contributed by atoms with E-state index in [9.17, 15) is 14.9 Å². The van der Waals surface area contributed by atoms with Gasteiger partial charge in [0.2, 0.25) is 0 Å². The second-order valence-corrected chi connectivity index (χ2v) is 4.27. The van der Waals surface area contributed by atoms with Gasteiger partial charge in [0, 0.05) is 26.3 Å². The molecule has 0 aliphatic carbocycles. The molecular weight excluding hydrogens is 264 g/mol. The summed E-state index contributed by atoms with van der Waals surface area (Å²) < 4.78 is 4.92. The van der Waals surface area contributed by atoms with Gasteiger partial charge in [0.1, 0.15) is 5.69 Å². The summed E-state index contributed by atoms with van der Waals surface area (Å²) in [4.78, 5) is 21.2. The zero-order chi connectivity index (χ0) is 15.0. The Morgan fingerprint density at radius 3 is 2.75 bits per heavy atom. The molecule has 2 N–H and O–H groups in total. The number of rotatable bonds is 9. The van der Waals surface area contributed by atoms with Crippen LogP contribution in [-0.4, -0.2) is 36.3 Å². The lowest BCUT2D eigenvalue weighted by atomic mass is 10.1. The Labute approximate surface area is 116 Å². The van der Waals surface area contributed by atoms with Gasteiger partial charge in [-0.15, -0.1) is 0 Å². The maximum atomic E-state index is 10.9. The van der Waals surface area contributed by atoms with Gasteiger partial charge in [-0.2, -0.15) is 0 Å². The first-order chi connectivity index (χ1) is 9.56. The molecule has 0 amide bonds. The van der Waals surface area contributed by atoms with Crippen LogP contribution in [0.1, 0.15) is 29.6 Å². The smallest absolute Gasteiger partial charge is 0.335 e. The van der Waals surface area contributed by atoms with Crippen molar-refractivity contribution in [1.82, 2.24) is 0 Å². The summed E-state index contributed by atoms with van der Waals surface area (Å²) in [5, 5.41) is 22.7. The fraction of sp³-hybridized carbons (Fsp3) is 0.462. The Kier molecular flexibility index (Phi) is 6.45. The molecule has 0 saturated carbocycles. The van der Waals surface area contributed by atoms with Crippen molar-refractivity contribution in [3.63, 3.8) is 0 Å². The number of aromatic carboxylic acids is 1. The highest BCUT2D eigenvalue weighted by Crippen LogP contribution is 2.25. The number of nitro groups is 1. The molecule has 20 heavy (non-hydrogen) atoms. The van der Waals surface area contributed by atoms with E-state index < -0.39 is 10.9 Å². The number of ether oxygens (including phenoxy) is 1. The minimum absolute atomic E-state index is 0.0254. The van der Waals surface area contributed by atoms with Crippen molar-refractivity contribution in [2.24, 2.45) is 0 Å². The first kappa shape index (κ1) is 15.9. The number of nitro benzene ring substituents is 1. The van der Waals surface area contributed by atoms with Crippen LogP contribution in [-0.2, 0) is 4.74 Å². The summed E-state index contributed by atoms with van der Waals surface area (Å²) in [6.07, 6.45) is 2.69. The van der Waals surface area contributed by atoms with Crippen LogP contribution in [0.25, 0.3) is 0 Å². The summed E-state index contributed by atoms with van der Waals surface area (Å²) >= 11 is 0. The van der Waals surface area contributed by atoms with Crippen molar-refractivity contribution < 1.29 is 19.6 Å². The molecule has 0 bridgehead atoms. The van der Waals surface area contributed by atoms with Crippen LogP contribution in [0, 0.1) is 10.1 Å². The second-order valence-electron chi connectivity index (χ2n) is 4.27. The number of benzene rings is 1. The molecule has 7 nitrogen and oxygen atoms in total. The quantitative estimate of drug-likeness (QED) is 0.410. The normalized spacial score (nSPS) is 10.2. The Morgan fingerprint density at radius 2 is 2.15 bits per heavy atom. The van der Waals surface area contributed by atoms with Crippen LogP contribution in [0.15, 0.2) is 18.2 Å². The molecule has 1 rings (SSSR count). The minimum atomic E-state index is -1.11. The monoisotopic (exact) mass is 282 g/mol. The Balaban J connectivity index is 2.63. The van der Waals surface area contributed by atoms with Gasteiger partial charge in [-0.1, -0.05) is 0 Å². The van der Waals surface area contributed by atoms with Gasteiger partial charge in [-0.25, -0.2) is 4.79 Å². The maximum absolute atomic E-state index is 10.9. The van der Waals surface area contributed by atoms with Crippen molar-refractivity contribution >= 4 is 17.3 Å². The molecular formula is C13H18N2O5. The van der Waals surface area contributed by atoms with Gasteiger partial charge >= 0.3 is 5.97 Å². The highest BCUT2D eigenvalue weighted by molar-refractivity contribution is 5.90. The lowest BCUT2D eigenvalue weighted by molar-refractivity contribution is -0.384. The summed E-state index contributed by atoms with van der Waals surface area (Å²) in [5.41, 5.74) is 0.144. The first-order valence-corrected chi connectivity index (χ1v) is 6.30. The van der Waals surface area contributed by atoms with Crippen LogP contribution >= 0.6 is 0 Å². The summed E-state index contributed by atoms with van der Waals surface area (Å²) in [6.45, 7) is 1.24. The number of unbranched alkanes of at least 4 members (excludes halogenated alkanes) is 2. The molecule has 0 radical (unpaired) electrons. The zero-order valence-corrected chi connectivity index (χ0v) is 11.3. The SMILES string of the molecule is COCCCCCNc1cc(C(=O)O)ccc1[N+](=O)[O-]. The van der Waals surface area contributed by atoms with Gasteiger partial charge in [0.25, 0.3) is 5.69 Å². The third-order valence-corrected chi connectivity index (χ3v) is 2.78. The standard InChI is InChI=1S/C13H18N2O5/c1-20-8-4-2-3-7-14-11-9-10(13(16)17)5-6-12(11)15(18)19/h5-6,9,14H,2-4,7-8H2,1H3,(H,16,17). The molecule has 0 unspecified atom stereocenters. The minimum Gasteiger partial charge on any atom is -0.478 e. The van der Waals surface area contributed by atoms with E-state index >= 15 is 0 Å². The summed E-state index contributed by atoms with van der Waals surface area (Å²) in [6, 6.07) is 3.72. The van der Waals surface area contributed by atoms with Crippen molar-refractivity contribution in [2.75, 3.05) is 25.6 Å². The van der Waals surface area contributed by atoms with E-state index in [0.29, 0.717) is 13.2 Å². The third-order valence-electron chi connectivity index (χ3n) is 2.78. The summed E-state index contributed by atoms with van der Waals surface area (Å²) in [7, 11) is 1.64. The molecule has 0 heterocycles. The molecule has 1 aromatic rings. The van der Waals surface area contributed by atoms with Gasteiger partial charge in [-0.05, 0) is 31.4 Å². The number of nitrogens with one attached hydrogen (secondary N) is 1. The van der Waals surface area contributed by atoms with E-state index in [2.05, 4.69) is 5.32 Å². The van der Waals surface area contributed by atoms with Crippen LogP contribution in [0.2, 0.25) is 0 Å². The third kappa shape index (κ3) is 4.85. The Hall–Kier alpha value is -2.15. The Bertz CT molecular complexity index is 476. The molecule has 110 valence electrons. The van der Waals surface area contributed by atoms with E-state index in [4.69, 9.17) is 9.84 Å². The van der Waals surface area contributed by atoms with Crippen molar-refractivity contribution in [3.8, 4) is 0 Å². The highest BCUT2D eigenvalue weighted by atomic mass is 16.6. The first-order valence-electron chi connectivity index (χ1n) is 6.30. The van der Waals surface area contributed by atoms with E-state index in [1.807, 2.05) is 0 Å². The molecule has 1 aromatic carbocycles. The summed E-state index contributed by atoms with van der Waals surface area (Å²) in [5.74, 6) is -1.11. The van der Waals surface area contributed by atoms with E-state index in [1.54, 1.807) is 7.11 Å². The van der Waals surface area contributed by atoms with Crippen molar-refractivity contribution in [3.05, 3.63) is 33.9 Å². The van der Waals surface area contributed by atoms with Gasteiger partial charge in [0.05, 0.1) is 10.5 Å². The van der Waals surface area contributed by atoms with Gasteiger partial charge in [0.15, 0.2) is 0 Å². The van der Waals surface area contributed by atoms with E-state index in [1.165, 1.54) is 18.2 Å². The highest BCUT2D eigenvalue weighted by Gasteiger charge is 2.15. The van der Waals surface area contributed by atoms with Crippen molar-refractivity contribution in [2.45, 2.75) is 19.3 Å². The molecule has 0 fully saturated rings. The number of nitrogens with zero attached hydrogens (tertiary/aromatic N) is 1. The molecule has 0 aromatic heterocycles. The van der Waals surface area contributed by atoms with E-state index in [0.717, 1.165) is 19.3 Å². The molecule has 0 aliphatic heterocycles.